The number of allylic oxidation sites excluding steroid dienone is 1. The molecule has 0 amide bonds. The van der Waals surface area contributed by atoms with Crippen molar-refractivity contribution in [3.63, 3.8) is 0 Å². The number of nitrogens with zero attached hydrogens (tertiary/aromatic N) is 4. The van der Waals surface area contributed by atoms with E-state index in [1.54, 1.807) is 0 Å². The van der Waals surface area contributed by atoms with Crippen LogP contribution in [0.25, 0.3) is 16.8 Å². The summed E-state index contributed by atoms with van der Waals surface area (Å²) in [6.45, 7) is 10.2. The van der Waals surface area contributed by atoms with E-state index in [0.717, 1.165) is 27.1 Å². The van der Waals surface area contributed by atoms with Gasteiger partial charge in [-0.1, -0.05) is 67.7 Å². The van der Waals surface area contributed by atoms with Crippen LogP contribution < -0.4 is 4.90 Å². The summed E-state index contributed by atoms with van der Waals surface area (Å²) in [6.07, 6.45) is 5.83. The van der Waals surface area contributed by atoms with Gasteiger partial charge in [0.2, 0.25) is 0 Å². The third kappa shape index (κ3) is 3.17. The Bertz CT molecular complexity index is 1280. The van der Waals surface area contributed by atoms with Crippen molar-refractivity contribution >= 4 is 46.2 Å². The van der Waals surface area contributed by atoms with Gasteiger partial charge in [0, 0.05) is 5.41 Å². The van der Waals surface area contributed by atoms with Crippen molar-refractivity contribution < 1.29 is 0 Å². The first kappa shape index (κ1) is 20.3. The number of rotatable bonds is 4. The van der Waals surface area contributed by atoms with Gasteiger partial charge in [-0.2, -0.15) is 0 Å². The molecule has 0 spiro atoms. The van der Waals surface area contributed by atoms with E-state index >= 15 is 0 Å². The first-order valence-electron chi connectivity index (χ1n) is 10.6. The Hall–Kier alpha value is -3.57. The highest BCUT2D eigenvalue weighted by molar-refractivity contribution is 7.18. The van der Waals surface area contributed by atoms with Crippen molar-refractivity contribution in [2.24, 2.45) is 4.99 Å². The number of anilines is 3. The fourth-order valence-corrected chi connectivity index (χ4v) is 5.24. The van der Waals surface area contributed by atoms with Gasteiger partial charge >= 0.3 is 0 Å². The van der Waals surface area contributed by atoms with Gasteiger partial charge in [0.1, 0.15) is 15.7 Å². The maximum atomic E-state index is 4.78. The zero-order valence-electron chi connectivity index (χ0n) is 18.4. The maximum absolute atomic E-state index is 4.78. The number of pyridine rings is 1. The lowest BCUT2D eigenvalue weighted by molar-refractivity contribution is 0.632. The van der Waals surface area contributed by atoms with Gasteiger partial charge < -0.3 is 4.90 Å². The van der Waals surface area contributed by atoms with Crippen molar-refractivity contribution in [2.75, 3.05) is 4.90 Å². The zero-order chi connectivity index (χ0) is 22.3. The standard InChI is InChI=1S/C27H24N4S/c1-5-10-22-25(28-4)32-26(30-22)21-16-15-18(17-29-21)31-23-13-8-6-11-19(23)27(2,3)20-12-7-9-14-24(20)31/h5-17H,4H2,1-3H3/b10-5-. The van der Waals surface area contributed by atoms with Gasteiger partial charge in [-0.15, -0.1) is 0 Å². The van der Waals surface area contributed by atoms with Gasteiger partial charge in [-0.05, 0) is 55.1 Å². The van der Waals surface area contributed by atoms with Crippen molar-refractivity contribution in [1.29, 1.82) is 0 Å². The average Bonchev–Trinajstić information content (AvgIpc) is 3.23. The summed E-state index contributed by atoms with van der Waals surface area (Å²) in [4.78, 5) is 15.9. The number of hydrogen-bond acceptors (Lipinski definition) is 5. The molecule has 0 saturated heterocycles. The Morgan fingerprint density at radius 1 is 0.969 bits per heavy atom. The van der Waals surface area contributed by atoms with Crippen LogP contribution in [0.1, 0.15) is 37.6 Å². The van der Waals surface area contributed by atoms with Crippen LogP contribution in [0.4, 0.5) is 22.1 Å². The monoisotopic (exact) mass is 436 g/mol. The molecule has 0 unspecified atom stereocenters. The van der Waals surface area contributed by atoms with Crippen LogP contribution in [0.2, 0.25) is 0 Å². The highest BCUT2D eigenvalue weighted by Gasteiger charge is 2.36. The molecule has 0 aliphatic carbocycles. The van der Waals surface area contributed by atoms with Gasteiger partial charge in [-0.25, -0.2) is 4.98 Å². The van der Waals surface area contributed by atoms with E-state index in [9.17, 15) is 0 Å². The van der Waals surface area contributed by atoms with Crippen LogP contribution in [0, 0.1) is 0 Å². The van der Waals surface area contributed by atoms with Gasteiger partial charge in [-0.3, -0.25) is 9.98 Å². The predicted octanol–water partition coefficient (Wildman–Crippen LogP) is 7.68. The molecule has 4 nitrogen and oxygen atoms in total. The lowest BCUT2D eigenvalue weighted by atomic mass is 9.73. The molecule has 1 aliphatic heterocycles. The number of hydrogen-bond donors (Lipinski definition) is 0. The van der Waals surface area contributed by atoms with E-state index in [1.807, 2.05) is 31.3 Å². The van der Waals surface area contributed by atoms with E-state index in [4.69, 9.17) is 9.97 Å². The third-order valence-corrected chi connectivity index (χ3v) is 6.99. The highest BCUT2D eigenvalue weighted by Crippen LogP contribution is 2.51. The summed E-state index contributed by atoms with van der Waals surface area (Å²) in [5.74, 6) is 0. The smallest absolute Gasteiger partial charge is 0.144 e. The molecule has 0 radical (unpaired) electrons. The molecule has 0 bridgehead atoms. The minimum Gasteiger partial charge on any atom is -0.308 e. The van der Waals surface area contributed by atoms with Gasteiger partial charge in [0.25, 0.3) is 0 Å². The second-order valence-electron chi connectivity index (χ2n) is 8.26. The van der Waals surface area contributed by atoms with Crippen LogP contribution in [0.15, 0.2) is 77.9 Å². The van der Waals surface area contributed by atoms with Crippen LogP contribution >= 0.6 is 11.3 Å². The molecule has 4 aromatic rings. The van der Waals surface area contributed by atoms with Crippen molar-refractivity contribution in [2.45, 2.75) is 26.2 Å². The summed E-state index contributed by atoms with van der Waals surface area (Å²) >= 11 is 1.50. The molecule has 5 heteroatoms. The number of thiazole rings is 1. The van der Waals surface area contributed by atoms with Crippen LogP contribution in [0.3, 0.4) is 0 Å². The number of para-hydroxylation sites is 2. The SMILES string of the molecule is C=Nc1sc(-c2ccc(N3c4ccccc4C(C)(C)c4ccccc43)cn2)nc1/C=C\C. The number of fused-ring (bicyclic) bond motifs is 2. The van der Waals surface area contributed by atoms with Gasteiger partial charge in [0.15, 0.2) is 0 Å². The second kappa shape index (κ2) is 7.84. The molecule has 5 rings (SSSR count). The van der Waals surface area contributed by atoms with E-state index in [-0.39, 0.29) is 5.41 Å². The fourth-order valence-electron chi connectivity index (χ4n) is 4.41. The molecule has 2 aromatic carbocycles. The normalized spacial score (nSPS) is 14.3. The molecule has 32 heavy (non-hydrogen) atoms. The van der Waals surface area contributed by atoms with Crippen LogP contribution in [-0.4, -0.2) is 16.7 Å². The Balaban J connectivity index is 1.60. The largest absolute Gasteiger partial charge is 0.308 e. The van der Waals surface area contributed by atoms with Crippen molar-refractivity contribution in [1.82, 2.24) is 9.97 Å². The minimum atomic E-state index is -0.0742. The first-order chi connectivity index (χ1) is 15.5. The van der Waals surface area contributed by atoms with E-state index in [1.165, 1.54) is 33.8 Å². The second-order valence-corrected chi connectivity index (χ2v) is 9.24. The van der Waals surface area contributed by atoms with E-state index in [0.29, 0.717) is 0 Å². The summed E-state index contributed by atoms with van der Waals surface area (Å²) in [6, 6.07) is 21.4. The third-order valence-electron chi connectivity index (χ3n) is 5.96. The topological polar surface area (TPSA) is 41.4 Å². The lowest BCUT2D eigenvalue weighted by Gasteiger charge is -2.41. The average molecular weight is 437 g/mol. The van der Waals surface area contributed by atoms with E-state index in [2.05, 4.69) is 85.1 Å². The minimum absolute atomic E-state index is 0.0742. The molecule has 158 valence electrons. The lowest BCUT2D eigenvalue weighted by Crippen LogP contribution is -2.30. The molecule has 2 aromatic heterocycles. The summed E-state index contributed by atoms with van der Waals surface area (Å²) in [5, 5.41) is 1.65. The first-order valence-corrected chi connectivity index (χ1v) is 11.4. The molecule has 3 heterocycles. The quantitative estimate of drug-likeness (QED) is 0.308. The summed E-state index contributed by atoms with van der Waals surface area (Å²) < 4.78 is 0. The predicted molar refractivity (Wildman–Crippen MR) is 136 cm³/mol. The summed E-state index contributed by atoms with van der Waals surface area (Å²) in [5.41, 5.74) is 7.60. The number of aliphatic imine (C=N–C) groups is 1. The molecule has 0 fully saturated rings. The Morgan fingerprint density at radius 2 is 1.62 bits per heavy atom. The van der Waals surface area contributed by atoms with Crippen molar-refractivity contribution in [3.8, 4) is 10.7 Å². The number of benzene rings is 2. The maximum Gasteiger partial charge on any atom is 0.144 e. The highest BCUT2D eigenvalue weighted by atomic mass is 32.1. The van der Waals surface area contributed by atoms with Crippen molar-refractivity contribution in [3.05, 3.63) is 89.8 Å². The van der Waals surface area contributed by atoms with Crippen LogP contribution in [0.5, 0.6) is 0 Å². The molecular weight excluding hydrogens is 412 g/mol. The Morgan fingerprint density at radius 3 is 2.19 bits per heavy atom. The van der Waals surface area contributed by atoms with Crippen LogP contribution in [-0.2, 0) is 5.41 Å². The van der Waals surface area contributed by atoms with E-state index < -0.39 is 0 Å². The zero-order valence-corrected chi connectivity index (χ0v) is 19.2. The van der Waals surface area contributed by atoms with Gasteiger partial charge in [0.05, 0.1) is 29.0 Å². The molecule has 0 N–H and O–H groups in total. The number of aromatic nitrogens is 2. The molecule has 0 atom stereocenters. The molecule has 1 aliphatic rings. The summed E-state index contributed by atoms with van der Waals surface area (Å²) in [7, 11) is 0. The molecule has 0 saturated carbocycles. The Labute approximate surface area is 192 Å². The Kier molecular flexibility index (Phi) is 4.98. The molecular formula is C27H24N4S. The fraction of sp³-hybridized carbons (Fsp3) is 0.148.